The average molecular weight is 268 g/mol. The van der Waals surface area contributed by atoms with Gasteiger partial charge in [-0.05, 0) is 37.0 Å². The second-order valence-corrected chi connectivity index (χ2v) is 5.07. The summed E-state index contributed by atoms with van der Waals surface area (Å²) in [5, 5.41) is 9.48. The van der Waals surface area contributed by atoms with Crippen molar-refractivity contribution in [2.45, 2.75) is 19.8 Å². The Morgan fingerprint density at radius 2 is 2.20 bits per heavy atom. The average Bonchev–Trinajstić information content (AvgIpc) is 2.46. The largest absolute Gasteiger partial charge is 0.506 e. The van der Waals surface area contributed by atoms with Crippen LogP contribution in [0.15, 0.2) is 36.7 Å². The van der Waals surface area contributed by atoms with E-state index in [1.54, 1.807) is 4.90 Å². The first-order valence-electron chi connectivity index (χ1n) is 6.71. The number of rotatable bonds is 1. The van der Waals surface area contributed by atoms with Gasteiger partial charge in [0.15, 0.2) is 0 Å². The van der Waals surface area contributed by atoms with Crippen LogP contribution >= 0.6 is 0 Å². The number of benzene rings is 1. The molecule has 0 saturated carbocycles. The zero-order chi connectivity index (χ0) is 14.1. The Bertz CT molecular complexity index is 667. The van der Waals surface area contributed by atoms with E-state index in [2.05, 4.69) is 11.1 Å². The van der Waals surface area contributed by atoms with Gasteiger partial charge in [0.25, 0.3) is 5.91 Å². The molecule has 0 fully saturated rings. The van der Waals surface area contributed by atoms with Crippen LogP contribution in [0.25, 0.3) is 0 Å². The molecule has 0 spiro atoms. The maximum atomic E-state index is 12.6. The molecule has 1 aromatic carbocycles. The molecule has 102 valence electrons. The zero-order valence-corrected chi connectivity index (χ0v) is 11.3. The fraction of sp³-hybridized carbons (Fsp3) is 0.250. The maximum Gasteiger partial charge on any atom is 0.259 e. The maximum absolute atomic E-state index is 12.6. The summed E-state index contributed by atoms with van der Waals surface area (Å²) in [6.07, 6.45) is 4.77. The van der Waals surface area contributed by atoms with E-state index in [4.69, 9.17) is 0 Å². The number of nitrogens with zero attached hydrogens (tertiary/aromatic N) is 2. The molecule has 1 N–H and O–H groups in total. The van der Waals surface area contributed by atoms with Crippen LogP contribution in [0.1, 0.15) is 27.9 Å². The molecule has 1 aliphatic heterocycles. The van der Waals surface area contributed by atoms with E-state index in [1.807, 2.05) is 19.1 Å². The molecule has 0 bridgehead atoms. The van der Waals surface area contributed by atoms with Crippen molar-refractivity contribution in [1.82, 2.24) is 4.98 Å². The molecule has 0 radical (unpaired) electrons. The smallest absolute Gasteiger partial charge is 0.259 e. The lowest BCUT2D eigenvalue weighted by molar-refractivity contribution is 0.0984. The third-order valence-corrected chi connectivity index (χ3v) is 3.63. The fourth-order valence-electron chi connectivity index (χ4n) is 2.75. The van der Waals surface area contributed by atoms with Crippen molar-refractivity contribution in [2.24, 2.45) is 0 Å². The number of amides is 1. The lowest BCUT2D eigenvalue weighted by atomic mass is 9.97. The third-order valence-electron chi connectivity index (χ3n) is 3.63. The van der Waals surface area contributed by atoms with Gasteiger partial charge in [0.1, 0.15) is 5.75 Å². The number of carbonyl (C=O) groups excluding carboxylic acids is 1. The van der Waals surface area contributed by atoms with Gasteiger partial charge in [-0.1, -0.05) is 18.2 Å². The molecular weight excluding hydrogens is 252 g/mol. The van der Waals surface area contributed by atoms with Crippen molar-refractivity contribution in [1.29, 1.82) is 0 Å². The van der Waals surface area contributed by atoms with Crippen LogP contribution in [-0.2, 0) is 6.42 Å². The minimum atomic E-state index is -0.108. The lowest BCUT2D eigenvalue weighted by Crippen LogP contribution is -2.36. The number of carbonyl (C=O) groups is 1. The van der Waals surface area contributed by atoms with Crippen LogP contribution in [0.3, 0.4) is 0 Å². The van der Waals surface area contributed by atoms with Crippen molar-refractivity contribution in [3.05, 3.63) is 53.3 Å². The standard InChI is InChI=1S/C16H16N2O2/c1-11-4-2-5-12-6-3-7-18(15(11)12)16(20)13-8-14(19)10-17-9-13/h2,4-5,8-10,19H,3,6-7H2,1H3. The number of pyridine rings is 1. The summed E-state index contributed by atoms with van der Waals surface area (Å²) < 4.78 is 0. The molecule has 0 atom stereocenters. The molecule has 4 heteroatoms. The van der Waals surface area contributed by atoms with Gasteiger partial charge in [0.2, 0.25) is 0 Å². The molecule has 3 rings (SSSR count). The quantitative estimate of drug-likeness (QED) is 0.865. The monoisotopic (exact) mass is 268 g/mol. The van der Waals surface area contributed by atoms with Gasteiger partial charge >= 0.3 is 0 Å². The Morgan fingerprint density at radius 1 is 1.35 bits per heavy atom. The van der Waals surface area contributed by atoms with Crippen molar-refractivity contribution in [3.8, 4) is 5.75 Å². The van der Waals surface area contributed by atoms with E-state index >= 15 is 0 Å². The summed E-state index contributed by atoms with van der Waals surface area (Å²) in [4.78, 5) is 18.3. The Balaban J connectivity index is 2.03. The van der Waals surface area contributed by atoms with Crippen LogP contribution in [-0.4, -0.2) is 22.5 Å². The van der Waals surface area contributed by atoms with E-state index in [0.717, 1.165) is 24.1 Å². The van der Waals surface area contributed by atoms with E-state index in [-0.39, 0.29) is 11.7 Å². The van der Waals surface area contributed by atoms with Crippen LogP contribution < -0.4 is 4.90 Å². The molecular formula is C16H16N2O2. The Labute approximate surface area is 117 Å². The number of aromatic nitrogens is 1. The minimum absolute atomic E-state index is 0.0119. The summed E-state index contributed by atoms with van der Waals surface area (Å²) in [5.74, 6) is -0.0958. The predicted molar refractivity (Wildman–Crippen MR) is 77.1 cm³/mol. The third kappa shape index (κ3) is 2.13. The van der Waals surface area contributed by atoms with E-state index in [1.165, 1.54) is 24.0 Å². The van der Waals surface area contributed by atoms with Crippen molar-refractivity contribution < 1.29 is 9.90 Å². The number of aromatic hydroxyl groups is 1. The van der Waals surface area contributed by atoms with Gasteiger partial charge < -0.3 is 10.0 Å². The first-order valence-corrected chi connectivity index (χ1v) is 6.71. The number of anilines is 1. The van der Waals surface area contributed by atoms with E-state index < -0.39 is 0 Å². The highest BCUT2D eigenvalue weighted by atomic mass is 16.3. The molecule has 4 nitrogen and oxygen atoms in total. The SMILES string of the molecule is Cc1cccc2c1N(C(=O)c1cncc(O)c1)CCC2. The highest BCUT2D eigenvalue weighted by Gasteiger charge is 2.25. The number of hydrogen-bond donors (Lipinski definition) is 1. The molecule has 1 aromatic heterocycles. The normalized spacial score (nSPS) is 13.9. The molecule has 20 heavy (non-hydrogen) atoms. The van der Waals surface area contributed by atoms with Crippen LogP contribution in [0.2, 0.25) is 0 Å². The molecule has 0 saturated heterocycles. The topological polar surface area (TPSA) is 53.4 Å². The number of para-hydroxylation sites is 1. The first kappa shape index (κ1) is 12.7. The predicted octanol–water partition coefficient (Wildman–Crippen LogP) is 2.69. The van der Waals surface area contributed by atoms with Crippen LogP contribution in [0.5, 0.6) is 5.75 Å². The van der Waals surface area contributed by atoms with Crippen molar-refractivity contribution in [3.63, 3.8) is 0 Å². The summed E-state index contributed by atoms with van der Waals surface area (Å²) in [7, 11) is 0. The fourth-order valence-corrected chi connectivity index (χ4v) is 2.75. The van der Waals surface area contributed by atoms with Gasteiger partial charge in [-0.3, -0.25) is 9.78 Å². The van der Waals surface area contributed by atoms with Gasteiger partial charge in [0.05, 0.1) is 17.4 Å². The zero-order valence-electron chi connectivity index (χ0n) is 11.3. The number of hydrogen-bond acceptors (Lipinski definition) is 3. The number of aryl methyl sites for hydroxylation is 2. The Kier molecular flexibility index (Phi) is 3.14. The van der Waals surface area contributed by atoms with Crippen LogP contribution in [0, 0.1) is 6.92 Å². The molecule has 0 unspecified atom stereocenters. The van der Waals surface area contributed by atoms with Gasteiger partial charge in [0, 0.05) is 12.7 Å². The Hall–Kier alpha value is -2.36. The minimum Gasteiger partial charge on any atom is -0.506 e. The van der Waals surface area contributed by atoms with Crippen molar-refractivity contribution in [2.75, 3.05) is 11.4 Å². The highest BCUT2D eigenvalue weighted by molar-refractivity contribution is 6.07. The van der Waals surface area contributed by atoms with E-state index in [0.29, 0.717) is 12.1 Å². The molecule has 2 aromatic rings. The Morgan fingerprint density at radius 3 is 3.00 bits per heavy atom. The summed E-state index contributed by atoms with van der Waals surface area (Å²) in [5.41, 5.74) is 3.73. The van der Waals surface area contributed by atoms with Crippen LogP contribution in [0.4, 0.5) is 5.69 Å². The lowest BCUT2D eigenvalue weighted by Gasteiger charge is -2.31. The van der Waals surface area contributed by atoms with Crippen molar-refractivity contribution >= 4 is 11.6 Å². The molecule has 2 heterocycles. The second kappa shape index (κ2) is 4.96. The summed E-state index contributed by atoms with van der Waals surface area (Å²) in [6, 6.07) is 7.58. The van der Waals surface area contributed by atoms with E-state index in [9.17, 15) is 9.90 Å². The molecule has 1 amide bonds. The highest BCUT2D eigenvalue weighted by Crippen LogP contribution is 2.31. The number of fused-ring (bicyclic) bond motifs is 1. The van der Waals surface area contributed by atoms with Gasteiger partial charge in [-0.2, -0.15) is 0 Å². The summed E-state index contributed by atoms with van der Waals surface area (Å²) >= 11 is 0. The van der Waals surface area contributed by atoms with Gasteiger partial charge in [-0.15, -0.1) is 0 Å². The summed E-state index contributed by atoms with van der Waals surface area (Å²) in [6.45, 7) is 2.72. The molecule has 1 aliphatic rings. The first-order chi connectivity index (χ1) is 9.66. The second-order valence-electron chi connectivity index (χ2n) is 5.07. The van der Waals surface area contributed by atoms with Gasteiger partial charge in [-0.25, -0.2) is 0 Å². The molecule has 0 aliphatic carbocycles.